The number of carbonyl (C=O) groups is 1. The molecule has 1 aliphatic rings. The summed E-state index contributed by atoms with van der Waals surface area (Å²) in [6.45, 7) is 1.50. The first-order valence-electron chi connectivity index (χ1n) is 9.23. The van der Waals surface area contributed by atoms with E-state index < -0.39 is 18.0 Å². The van der Waals surface area contributed by atoms with E-state index in [9.17, 15) is 9.59 Å². The van der Waals surface area contributed by atoms with Gasteiger partial charge in [0.25, 0.3) is 0 Å². The van der Waals surface area contributed by atoms with E-state index in [0.717, 1.165) is 33.6 Å². The Kier molecular flexibility index (Phi) is 5.29. The predicted molar refractivity (Wildman–Crippen MR) is 107 cm³/mol. The van der Waals surface area contributed by atoms with Crippen LogP contribution in [-0.4, -0.2) is 25.7 Å². The minimum Gasteiger partial charge on any atom is -0.497 e. The molecule has 0 aliphatic heterocycles. The van der Waals surface area contributed by atoms with Crippen molar-refractivity contribution in [2.24, 2.45) is 0 Å². The van der Waals surface area contributed by atoms with Crippen molar-refractivity contribution in [1.82, 2.24) is 0 Å². The normalized spacial score (nSPS) is 13.1. The zero-order valence-corrected chi connectivity index (χ0v) is 15.8. The summed E-state index contributed by atoms with van der Waals surface area (Å²) in [5.74, 6) is -0.330. The fourth-order valence-electron chi connectivity index (χ4n) is 3.78. The molecule has 5 heteroatoms. The van der Waals surface area contributed by atoms with Gasteiger partial charge < -0.3 is 14.2 Å². The summed E-state index contributed by atoms with van der Waals surface area (Å²) < 4.78 is 15.7. The third-order valence-electron chi connectivity index (χ3n) is 5.13. The molecule has 145 valence electrons. The summed E-state index contributed by atoms with van der Waals surface area (Å²) in [5, 5.41) is 0. The Labute approximate surface area is 168 Å². The molecule has 1 radical (unpaired) electrons. The SMILES string of the molecule is COc1ccc(COC(=O)C(O[C]=O)C2c3ccccc3-c3ccccc32)cc1. The molecule has 0 saturated carbocycles. The third kappa shape index (κ3) is 3.59. The maximum Gasteiger partial charge on any atom is 0.418 e. The lowest BCUT2D eigenvalue weighted by Crippen LogP contribution is -2.32. The average Bonchev–Trinajstić information content (AvgIpc) is 3.10. The van der Waals surface area contributed by atoms with Crippen molar-refractivity contribution in [3.05, 3.63) is 89.5 Å². The Morgan fingerprint density at radius 1 is 0.931 bits per heavy atom. The molecule has 0 bridgehead atoms. The number of benzene rings is 3. The quantitative estimate of drug-likeness (QED) is 0.574. The smallest absolute Gasteiger partial charge is 0.418 e. The van der Waals surface area contributed by atoms with Gasteiger partial charge in [-0.05, 0) is 39.9 Å². The van der Waals surface area contributed by atoms with Crippen LogP contribution in [0.4, 0.5) is 0 Å². The largest absolute Gasteiger partial charge is 0.497 e. The van der Waals surface area contributed by atoms with Gasteiger partial charge in [0.15, 0.2) is 0 Å². The third-order valence-corrected chi connectivity index (χ3v) is 5.13. The van der Waals surface area contributed by atoms with Gasteiger partial charge in [-0.25, -0.2) is 9.59 Å². The van der Waals surface area contributed by atoms with Crippen LogP contribution in [0.3, 0.4) is 0 Å². The van der Waals surface area contributed by atoms with Crippen molar-refractivity contribution in [2.75, 3.05) is 7.11 Å². The average molecular weight is 387 g/mol. The highest BCUT2D eigenvalue weighted by atomic mass is 16.6. The van der Waals surface area contributed by atoms with Crippen molar-refractivity contribution in [3.8, 4) is 16.9 Å². The molecule has 5 nitrogen and oxygen atoms in total. The van der Waals surface area contributed by atoms with Crippen molar-refractivity contribution >= 4 is 12.4 Å². The molecule has 0 fully saturated rings. The zero-order valence-electron chi connectivity index (χ0n) is 15.8. The molecule has 3 aromatic carbocycles. The molecule has 1 aliphatic carbocycles. The molecule has 1 atom stereocenters. The number of carbonyl (C=O) groups excluding carboxylic acids is 2. The van der Waals surface area contributed by atoms with Crippen molar-refractivity contribution in [2.45, 2.75) is 18.6 Å². The van der Waals surface area contributed by atoms with Crippen LogP contribution < -0.4 is 4.74 Å². The molecule has 3 aromatic rings. The van der Waals surface area contributed by atoms with Gasteiger partial charge in [0, 0.05) is 0 Å². The van der Waals surface area contributed by atoms with Crippen molar-refractivity contribution < 1.29 is 23.8 Å². The second kappa shape index (κ2) is 8.19. The van der Waals surface area contributed by atoms with Crippen LogP contribution in [-0.2, 0) is 25.7 Å². The number of rotatable bonds is 7. The van der Waals surface area contributed by atoms with Gasteiger partial charge in [-0.1, -0.05) is 60.7 Å². The summed E-state index contributed by atoms with van der Waals surface area (Å²) in [5.41, 5.74) is 4.71. The fourth-order valence-corrected chi connectivity index (χ4v) is 3.78. The maximum absolute atomic E-state index is 12.9. The first-order chi connectivity index (χ1) is 14.2. The summed E-state index contributed by atoms with van der Waals surface area (Å²) in [6.07, 6.45) is -1.12. The summed E-state index contributed by atoms with van der Waals surface area (Å²) in [4.78, 5) is 24.0. The molecule has 0 saturated heterocycles. The van der Waals surface area contributed by atoms with E-state index in [-0.39, 0.29) is 6.61 Å². The lowest BCUT2D eigenvalue weighted by Gasteiger charge is -2.22. The van der Waals surface area contributed by atoms with Gasteiger partial charge in [0.1, 0.15) is 12.4 Å². The highest BCUT2D eigenvalue weighted by Gasteiger charge is 2.40. The Bertz CT molecular complexity index is 980. The lowest BCUT2D eigenvalue weighted by molar-refractivity contribution is -0.154. The van der Waals surface area contributed by atoms with Gasteiger partial charge in [-0.2, -0.15) is 0 Å². The van der Waals surface area contributed by atoms with Gasteiger partial charge in [-0.3, -0.25) is 0 Å². The van der Waals surface area contributed by atoms with Gasteiger partial charge >= 0.3 is 12.4 Å². The molecule has 1 unspecified atom stereocenters. The van der Waals surface area contributed by atoms with Crippen molar-refractivity contribution in [3.63, 3.8) is 0 Å². The summed E-state index contributed by atoms with van der Waals surface area (Å²) in [7, 11) is 1.59. The van der Waals surface area contributed by atoms with E-state index in [1.54, 1.807) is 19.2 Å². The molecule has 4 rings (SSSR count). The van der Waals surface area contributed by atoms with E-state index in [0.29, 0.717) is 0 Å². The van der Waals surface area contributed by atoms with Gasteiger partial charge in [0.05, 0.1) is 13.0 Å². The lowest BCUT2D eigenvalue weighted by atomic mass is 9.91. The van der Waals surface area contributed by atoms with Gasteiger partial charge in [0.2, 0.25) is 6.10 Å². The van der Waals surface area contributed by atoms with E-state index in [1.165, 1.54) is 6.47 Å². The molecule has 29 heavy (non-hydrogen) atoms. The van der Waals surface area contributed by atoms with Crippen LogP contribution in [0.15, 0.2) is 72.8 Å². The Morgan fingerprint density at radius 2 is 1.52 bits per heavy atom. The molecular formula is C24H19O5. The molecule has 0 heterocycles. The number of ether oxygens (including phenoxy) is 3. The Hall–Kier alpha value is -3.60. The first kappa shape index (κ1) is 18.7. The number of hydrogen-bond acceptors (Lipinski definition) is 5. The highest BCUT2D eigenvalue weighted by Crippen LogP contribution is 2.46. The van der Waals surface area contributed by atoms with Gasteiger partial charge in [-0.15, -0.1) is 0 Å². The van der Waals surface area contributed by atoms with Crippen LogP contribution in [0.5, 0.6) is 5.75 Å². The van der Waals surface area contributed by atoms with E-state index in [2.05, 4.69) is 0 Å². The van der Waals surface area contributed by atoms with E-state index in [1.807, 2.05) is 60.7 Å². The molecule has 0 spiro atoms. The predicted octanol–water partition coefficient (Wildman–Crippen LogP) is 4.00. The van der Waals surface area contributed by atoms with E-state index in [4.69, 9.17) is 14.2 Å². The van der Waals surface area contributed by atoms with Crippen LogP contribution >= 0.6 is 0 Å². The molecule has 0 aromatic heterocycles. The van der Waals surface area contributed by atoms with Crippen LogP contribution in [0.25, 0.3) is 11.1 Å². The summed E-state index contributed by atoms with van der Waals surface area (Å²) >= 11 is 0. The van der Waals surface area contributed by atoms with Crippen LogP contribution in [0.2, 0.25) is 0 Å². The topological polar surface area (TPSA) is 61.8 Å². The second-order valence-electron chi connectivity index (χ2n) is 6.73. The van der Waals surface area contributed by atoms with E-state index >= 15 is 0 Å². The zero-order chi connectivity index (χ0) is 20.2. The van der Waals surface area contributed by atoms with Crippen LogP contribution in [0, 0.1) is 0 Å². The number of esters is 1. The minimum atomic E-state index is -1.12. The second-order valence-corrected chi connectivity index (χ2v) is 6.73. The molecule has 0 amide bonds. The fraction of sp³-hybridized carbons (Fsp3) is 0.167. The van der Waals surface area contributed by atoms with Crippen LogP contribution in [0.1, 0.15) is 22.6 Å². The Balaban J connectivity index is 1.60. The molecule has 0 N–H and O–H groups in total. The number of methoxy groups -OCH3 is 1. The monoisotopic (exact) mass is 387 g/mol. The number of hydrogen-bond donors (Lipinski definition) is 0. The maximum atomic E-state index is 12.9. The summed E-state index contributed by atoms with van der Waals surface area (Å²) in [6, 6.07) is 22.8. The standard InChI is InChI=1S/C24H19O5/c1-27-17-12-10-16(11-13-17)14-28-24(26)23(29-15-25)22-20-8-4-2-6-18(20)19-7-3-5-9-21(19)22/h2-13,22-23H,14H2,1H3. The molecular weight excluding hydrogens is 368 g/mol. The Morgan fingerprint density at radius 3 is 2.07 bits per heavy atom. The minimum absolute atomic E-state index is 0.0670. The van der Waals surface area contributed by atoms with Crippen molar-refractivity contribution in [1.29, 1.82) is 0 Å². The first-order valence-corrected chi connectivity index (χ1v) is 9.23. The highest BCUT2D eigenvalue weighted by molar-refractivity contribution is 5.85. The number of fused-ring (bicyclic) bond motifs is 3.